The van der Waals surface area contributed by atoms with Crippen molar-refractivity contribution in [3.8, 4) is 6.07 Å². The van der Waals surface area contributed by atoms with Crippen LogP contribution in [0.1, 0.15) is 25.5 Å². The number of aromatic nitrogens is 1. The van der Waals surface area contributed by atoms with E-state index in [1.165, 1.54) is 0 Å². The van der Waals surface area contributed by atoms with Crippen molar-refractivity contribution in [2.24, 2.45) is 0 Å². The van der Waals surface area contributed by atoms with E-state index in [4.69, 9.17) is 5.26 Å². The number of rotatable bonds is 3. The second-order valence-corrected chi connectivity index (χ2v) is 3.03. The first kappa shape index (κ1) is 9.69. The van der Waals surface area contributed by atoms with E-state index in [1.54, 1.807) is 6.20 Å². The molecule has 3 heteroatoms. The van der Waals surface area contributed by atoms with Crippen LogP contribution in [0.4, 0.5) is 0 Å². The Bertz CT molecular complexity index is 289. The summed E-state index contributed by atoms with van der Waals surface area (Å²) in [6.07, 6.45) is 3.55. The summed E-state index contributed by atoms with van der Waals surface area (Å²) in [4.78, 5) is 4.02. The van der Waals surface area contributed by atoms with Gasteiger partial charge in [0, 0.05) is 18.4 Å². The molecule has 0 aromatic carbocycles. The quantitative estimate of drug-likeness (QED) is 0.759. The summed E-state index contributed by atoms with van der Waals surface area (Å²) < 4.78 is 0. The molecule has 0 saturated heterocycles. The SMILES string of the molecule is CC(C#N)NC(C)c1cccnc1. The molecule has 0 fully saturated rings. The van der Waals surface area contributed by atoms with Crippen molar-refractivity contribution in [3.05, 3.63) is 30.1 Å². The molecule has 0 aliphatic heterocycles. The van der Waals surface area contributed by atoms with Crippen LogP contribution in [0.5, 0.6) is 0 Å². The minimum absolute atomic E-state index is 0.129. The molecule has 68 valence electrons. The summed E-state index contributed by atoms with van der Waals surface area (Å²) in [6, 6.07) is 6.06. The largest absolute Gasteiger partial charge is 0.295 e. The molecule has 1 heterocycles. The van der Waals surface area contributed by atoms with Crippen LogP contribution in [-0.4, -0.2) is 11.0 Å². The molecular weight excluding hydrogens is 162 g/mol. The molecule has 1 rings (SSSR count). The maximum absolute atomic E-state index is 8.60. The molecule has 13 heavy (non-hydrogen) atoms. The Morgan fingerprint density at radius 3 is 2.85 bits per heavy atom. The predicted octanol–water partition coefficient (Wildman–Crippen LogP) is 1.64. The monoisotopic (exact) mass is 175 g/mol. The van der Waals surface area contributed by atoms with Gasteiger partial charge in [-0.15, -0.1) is 0 Å². The van der Waals surface area contributed by atoms with Crippen LogP contribution in [0.3, 0.4) is 0 Å². The van der Waals surface area contributed by atoms with Crippen molar-refractivity contribution in [1.29, 1.82) is 5.26 Å². The lowest BCUT2D eigenvalue weighted by atomic mass is 10.1. The normalized spacial score (nSPS) is 14.5. The van der Waals surface area contributed by atoms with Crippen molar-refractivity contribution >= 4 is 0 Å². The smallest absolute Gasteiger partial charge is 0.0929 e. The highest BCUT2D eigenvalue weighted by molar-refractivity contribution is 5.13. The zero-order valence-electron chi connectivity index (χ0n) is 7.86. The van der Waals surface area contributed by atoms with Crippen LogP contribution >= 0.6 is 0 Å². The van der Waals surface area contributed by atoms with Gasteiger partial charge in [-0.25, -0.2) is 0 Å². The summed E-state index contributed by atoms with van der Waals surface area (Å²) in [6.45, 7) is 3.86. The number of hydrogen-bond donors (Lipinski definition) is 1. The third-order valence-corrected chi connectivity index (χ3v) is 1.88. The Morgan fingerprint density at radius 2 is 2.31 bits per heavy atom. The Labute approximate surface area is 78.4 Å². The van der Waals surface area contributed by atoms with Gasteiger partial charge in [-0.05, 0) is 25.5 Å². The Balaban J connectivity index is 2.60. The maximum atomic E-state index is 8.60. The molecule has 3 nitrogen and oxygen atoms in total. The summed E-state index contributed by atoms with van der Waals surface area (Å²) in [5.74, 6) is 0. The van der Waals surface area contributed by atoms with Crippen LogP contribution in [0.15, 0.2) is 24.5 Å². The number of nitrogens with zero attached hydrogens (tertiary/aromatic N) is 2. The average Bonchev–Trinajstić information content (AvgIpc) is 2.19. The number of pyridine rings is 1. The van der Waals surface area contributed by atoms with Crippen molar-refractivity contribution in [2.75, 3.05) is 0 Å². The van der Waals surface area contributed by atoms with E-state index in [-0.39, 0.29) is 12.1 Å². The molecule has 0 bridgehead atoms. The van der Waals surface area contributed by atoms with Gasteiger partial charge in [0.1, 0.15) is 0 Å². The first-order chi connectivity index (χ1) is 6.24. The molecule has 0 aliphatic rings. The molecular formula is C10H13N3. The Hall–Kier alpha value is -1.40. The summed E-state index contributed by atoms with van der Waals surface area (Å²) in [5, 5.41) is 11.7. The van der Waals surface area contributed by atoms with Gasteiger partial charge in [-0.1, -0.05) is 6.07 Å². The molecule has 1 N–H and O–H groups in total. The molecule has 0 saturated carbocycles. The first-order valence-electron chi connectivity index (χ1n) is 4.29. The number of nitriles is 1. The molecule has 1 aromatic heterocycles. The molecule has 2 unspecified atom stereocenters. The van der Waals surface area contributed by atoms with Crippen molar-refractivity contribution in [1.82, 2.24) is 10.3 Å². The van der Waals surface area contributed by atoms with E-state index in [0.29, 0.717) is 0 Å². The zero-order chi connectivity index (χ0) is 9.68. The number of hydrogen-bond acceptors (Lipinski definition) is 3. The van der Waals surface area contributed by atoms with Gasteiger partial charge in [-0.3, -0.25) is 10.3 Å². The van der Waals surface area contributed by atoms with Crippen LogP contribution in [0.2, 0.25) is 0 Å². The summed E-state index contributed by atoms with van der Waals surface area (Å²) in [7, 11) is 0. The highest BCUT2D eigenvalue weighted by Gasteiger charge is 2.07. The third kappa shape index (κ3) is 2.85. The lowest BCUT2D eigenvalue weighted by Gasteiger charge is -2.14. The highest BCUT2D eigenvalue weighted by atomic mass is 14.9. The van der Waals surface area contributed by atoms with Crippen molar-refractivity contribution in [3.63, 3.8) is 0 Å². The van der Waals surface area contributed by atoms with E-state index >= 15 is 0 Å². The van der Waals surface area contributed by atoms with Gasteiger partial charge >= 0.3 is 0 Å². The first-order valence-corrected chi connectivity index (χ1v) is 4.29. The standard InChI is InChI=1S/C10H13N3/c1-8(6-11)13-9(2)10-4-3-5-12-7-10/h3-5,7-9,13H,1-2H3. The van der Waals surface area contributed by atoms with Gasteiger partial charge in [0.25, 0.3) is 0 Å². The van der Waals surface area contributed by atoms with Crippen molar-refractivity contribution < 1.29 is 0 Å². The molecule has 0 radical (unpaired) electrons. The van der Waals surface area contributed by atoms with Gasteiger partial charge in [0.15, 0.2) is 0 Å². The topological polar surface area (TPSA) is 48.7 Å². The molecule has 0 amide bonds. The molecule has 2 atom stereocenters. The number of nitrogens with one attached hydrogen (secondary N) is 1. The van der Waals surface area contributed by atoms with Crippen LogP contribution in [-0.2, 0) is 0 Å². The van der Waals surface area contributed by atoms with Crippen molar-refractivity contribution in [2.45, 2.75) is 25.9 Å². The Morgan fingerprint density at radius 1 is 1.54 bits per heavy atom. The van der Waals surface area contributed by atoms with Crippen LogP contribution in [0, 0.1) is 11.3 Å². The van der Waals surface area contributed by atoms with Gasteiger partial charge < -0.3 is 0 Å². The zero-order valence-corrected chi connectivity index (χ0v) is 7.86. The van der Waals surface area contributed by atoms with E-state index in [9.17, 15) is 0 Å². The predicted molar refractivity (Wildman–Crippen MR) is 50.9 cm³/mol. The summed E-state index contributed by atoms with van der Waals surface area (Å²) >= 11 is 0. The second-order valence-electron chi connectivity index (χ2n) is 3.03. The third-order valence-electron chi connectivity index (χ3n) is 1.88. The molecule has 0 spiro atoms. The lowest BCUT2D eigenvalue weighted by molar-refractivity contribution is 0.541. The van der Waals surface area contributed by atoms with E-state index in [2.05, 4.69) is 16.4 Å². The fourth-order valence-electron chi connectivity index (χ4n) is 1.14. The second kappa shape index (κ2) is 4.58. The fraction of sp³-hybridized carbons (Fsp3) is 0.400. The minimum Gasteiger partial charge on any atom is -0.295 e. The van der Waals surface area contributed by atoms with E-state index in [1.807, 2.05) is 32.2 Å². The fourth-order valence-corrected chi connectivity index (χ4v) is 1.14. The lowest BCUT2D eigenvalue weighted by Crippen LogP contribution is -2.27. The summed E-state index contributed by atoms with van der Waals surface area (Å²) in [5.41, 5.74) is 1.10. The molecule has 1 aromatic rings. The van der Waals surface area contributed by atoms with E-state index < -0.39 is 0 Å². The van der Waals surface area contributed by atoms with E-state index in [0.717, 1.165) is 5.56 Å². The van der Waals surface area contributed by atoms with Gasteiger partial charge in [-0.2, -0.15) is 5.26 Å². The minimum atomic E-state index is -0.129. The average molecular weight is 175 g/mol. The van der Waals surface area contributed by atoms with Gasteiger partial charge in [0.05, 0.1) is 12.1 Å². The molecule has 0 aliphatic carbocycles. The highest BCUT2D eigenvalue weighted by Crippen LogP contribution is 2.09. The van der Waals surface area contributed by atoms with Crippen LogP contribution < -0.4 is 5.32 Å². The van der Waals surface area contributed by atoms with Crippen LogP contribution in [0.25, 0.3) is 0 Å². The van der Waals surface area contributed by atoms with Gasteiger partial charge in [0.2, 0.25) is 0 Å². The maximum Gasteiger partial charge on any atom is 0.0929 e. The Kier molecular flexibility index (Phi) is 3.41.